The van der Waals surface area contributed by atoms with Gasteiger partial charge in [-0.3, -0.25) is 9.59 Å². The molecule has 2 amide bonds. The van der Waals surface area contributed by atoms with Crippen LogP contribution in [0.25, 0.3) is 0 Å². The van der Waals surface area contributed by atoms with Gasteiger partial charge in [0.05, 0.1) is 18.1 Å². The lowest BCUT2D eigenvalue weighted by molar-refractivity contribution is -0.146. The van der Waals surface area contributed by atoms with Gasteiger partial charge in [0.15, 0.2) is 0 Å². The average Bonchev–Trinajstić information content (AvgIpc) is 3.06. The zero-order valence-electron chi connectivity index (χ0n) is 15.6. The Labute approximate surface area is 155 Å². The average molecular weight is 356 g/mol. The fourth-order valence-electron chi connectivity index (χ4n) is 4.73. The molecule has 3 aliphatic rings. The smallest absolute Gasteiger partial charge is 0.257 e. The van der Waals surface area contributed by atoms with Gasteiger partial charge in [0.25, 0.3) is 5.91 Å². The fourth-order valence-corrected chi connectivity index (χ4v) is 4.73. The second-order valence-corrected chi connectivity index (χ2v) is 8.11. The zero-order valence-corrected chi connectivity index (χ0v) is 15.6. The number of rotatable bonds is 4. The second kappa shape index (κ2) is 6.93. The lowest BCUT2D eigenvalue weighted by Gasteiger charge is -2.42. The minimum absolute atomic E-state index is 0.0248. The number of carbonyl (C=O) groups excluding carboxylic acids is 2. The molecule has 2 aliphatic heterocycles. The summed E-state index contributed by atoms with van der Waals surface area (Å²) in [4.78, 5) is 30.1. The Morgan fingerprint density at radius 1 is 1.19 bits per heavy atom. The molecule has 1 spiro atoms. The molecule has 0 N–H and O–H groups in total. The van der Waals surface area contributed by atoms with E-state index in [0.29, 0.717) is 30.3 Å². The molecule has 1 aromatic carbocycles. The molecule has 3 fully saturated rings. The molecule has 2 heterocycles. The molecule has 1 atom stereocenters. The van der Waals surface area contributed by atoms with Gasteiger partial charge in [-0.15, -0.1) is 0 Å². The van der Waals surface area contributed by atoms with Crippen molar-refractivity contribution in [3.8, 4) is 5.75 Å². The highest BCUT2D eigenvalue weighted by Gasteiger charge is 2.49. The molecule has 4 rings (SSSR count). The lowest BCUT2D eigenvalue weighted by atomic mass is 9.77. The van der Waals surface area contributed by atoms with E-state index in [2.05, 4.69) is 4.90 Å². The first kappa shape index (κ1) is 17.4. The maximum absolute atomic E-state index is 13.2. The number of hydrogen-bond donors (Lipinski definition) is 0. The molecule has 5 heteroatoms. The number of para-hydroxylation sites is 1. The number of amides is 2. The van der Waals surface area contributed by atoms with Crippen LogP contribution in [0.4, 0.5) is 0 Å². The van der Waals surface area contributed by atoms with E-state index in [4.69, 9.17) is 4.74 Å². The highest BCUT2D eigenvalue weighted by molar-refractivity contribution is 5.98. The maximum atomic E-state index is 13.2. The summed E-state index contributed by atoms with van der Waals surface area (Å²) < 4.78 is 5.34. The van der Waals surface area contributed by atoms with Crippen LogP contribution in [0.5, 0.6) is 5.75 Å². The van der Waals surface area contributed by atoms with Gasteiger partial charge in [-0.05, 0) is 50.2 Å². The quantitative estimate of drug-likeness (QED) is 0.833. The largest absolute Gasteiger partial charge is 0.496 e. The van der Waals surface area contributed by atoms with Gasteiger partial charge in [0.1, 0.15) is 5.75 Å². The van der Waals surface area contributed by atoms with Gasteiger partial charge in [-0.25, -0.2) is 0 Å². The standard InChI is InChI=1S/C21H28N2O3/c1-26-18-9-3-2-8-17(18)19(24)23-13-11-21(15-23)10-5-12-22(20(21)25)14-16-6-4-7-16/h2-3,8-9,16H,4-7,10-15H2,1H3. The van der Waals surface area contributed by atoms with E-state index >= 15 is 0 Å². The Balaban J connectivity index is 1.48. The van der Waals surface area contributed by atoms with E-state index in [1.807, 2.05) is 23.1 Å². The number of benzene rings is 1. The Kier molecular flexibility index (Phi) is 4.63. The number of hydrogen-bond acceptors (Lipinski definition) is 3. The van der Waals surface area contributed by atoms with E-state index < -0.39 is 0 Å². The van der Waals surface area contributed by atoms with Crippen molar-refractivity contribution in [1.82, 2.24) is 9.80 Å². The van der Waals surface area contributed by atoms with Crippen LogP contribution in [-0.4, -0.2) is 54.9 Å². The molecular formula is C21H28N2O3. The van der Waals surface area contributed by atoms with Gasteiger partial charge in [-0.1, -0.05) is 18.6 Å². The van der Waals surface area contributed by atoms with Crippen molar-refractivity contribution in [3.63, 3.8) is 0 Å². The summed E-state index contributed by atoms with van der Waals surface area (Å²) in [7, 11) is 1.58. The fraction of sp³-hybridized carbons (Fsp3) is 0.619. The summed E-state index contributed by atoms with van der Waals surface area (Å²) in [5, 5.41) is 0. The highest BCUT2D eigenvalue weighted by atomic mass is 16.5. The van der Waals surface area contributed by atoms with Crippen LogP contribution in [0, 0.1) is 11.3 Å². The van der Waals surface area contributed by atoms with Crippen molar-refractivity contribution in [2.24, 2.45) is 11.3 Å². The molecule has 1 aliphatic carbocycles. The Hall–Kier alpha value is -2.04. The van der Waals surface area contributed by atoms with Gasteiger partial charge in [0.2, 0.25) is 5.91 Å². The molecule has 1 saturated carbocycles. The van der Waals surface area contributed by atoms with Gasteiger partial charge >= 0.3 is 0 Å². The van der Waals surface area contributed by atoms with Crippen LogP contribution >= 0.6 is 0 Å². The maximum Gasteiger partial charge on any atom is 0.257 e. The lowest BCUT2D eigenvalue weighted by Crippen LogP contribution is -2.52. The number of methoxy groups -OCH3 is 1. The molecule has 140 valence electrons. The van der Waals surface area contributed by atoms with E-state index in [1.54, 1.807) is 13.2 Å². The van der Waals surface area contributed by atoms with Crippen LogP contribution in [0.15, 0.2) is 24.3 Å². The summed E-state index contributed by atoms with van der Waals surface area (Å²) in [6.45, 7) is 3.00. The molecule has 0 bridgehead atoms. The molecule has 0 aromatic heterocycles. The SMILES string of the molecule is COc1ccccc1C(=O)N1CCC2(CCCN(CC3CCC3)C2=O)C1. The van der Waals surface area contributed by atoms with Crippen molar-refractivity contribution in [2.75, 3.05) is 33.3 Å². The monoisotopic (exact) mass is 356 g/mol. The third kappa shape index (κ3) is 2.97. The summed E-state index contributed by atoms with van der Waals surface area (Å²) in [5.41, 5.74) is 0.223. The summed E-state index contributed by atoms with van der Waals surface area (Å²) in [6, 6.07) is 7.33. The number of ether oxygens (including phenoxy) is 1. The van der Waals surface area contributed by atoms with E-state index in [0.717, 1.165) is 32.4 Å². The van der Waals surface area contributed by atoms with Crippen molar-refractivity contribution in [1.29, 1.82) is 0 Å². The van der Waals surface area contributed by atoms with Crippen molar-refractivity contribution < 1.29 is 14.3 Å². The topological polar surface area (TPSA) is 49.9 Å². The molecule has 5 nitrogen and oxygen atoms in total. The predicted octanol–water partition coefficient (Wildman–Crippen LogP) is 2.95. The number of carbonyl (C=O) groups is 2. The molecule has 2 saturated heterocycles. The molecule has 1 aromatic rings. The Bertz CT molecular complexity index is 700. The summed E-state index contributed by atoms with van der Waals surface area (Å²) in [5.74, 6) is 1.55. The van der Waals surface area contributed by atoms with E-state index in [9.17, 15) is 9.59 Å². The van der Waals surface area contributed by atoms with E-state index in [1.165, 1.54) is 19.3 Å². The first-order chi connectivity index (χ1) is 12.6. The van der Waals surface area contributed by atoms with Crippen LogP contribution in [0.3, 0.4) is 0 Å². The summed E-state index contributed by atoms with van der Waals surface area (Å²) >= 11 is 0. The van der Waals surface area contributed by atoms with Crippen molar-refractivity contribution in [2.45, 2.75) is 38.5 Å². The van der Waals surface area contributed by atoms with Crippen LogP contribution in [0.1, 0.15) is 48.9 Å². The molecule has 0 radical (unpaired) electrons. The number of likely N-dealkylation sites (tertiary alicyclic amines) is 2. The first-order valence-corrected chi connectivity index (χ1v) is 9.85. The number of nitrogens with zero attached hydrogens (tertiary/aromatic N) is 2. The minimum Gasteiger partial charge on any atom is -0.496 e. The van der Waals surface area contributed by atoms with Crippen LogP contribution in [-0.2, 0) is 4.79 Å². The molecule has 26 heavy (non-hydrogen) atoms. The zero-order chi connectivity index (χ0) is 18.1. The molecule has 1 unspecified atom stereocenters. The highest BCUT2D eigenvalue weighted by Crippen LogP contribution is 2.42. The van der Waals surface area contributed by atoms with Crippen LogP contribution in [0.2, 0.25) is 0 Å². The third-order valence-electron chi connectivity index (χ3n) is 6.51. The molecular weight excluding hydrogens is 328 g/mol. The van der Waals surface area contributed by atoms with Crippen molar-refractivity contribution in [3.05, 3.63) is 29.8 Å². The van der Waals surface area contributed by atoms with Crippen molar-refractivity contribution >= 4 is 11.8 Å². The summed E-state index contributed by atoms with van der Waals surface area (Å²) in [6.07, 6.45) is 6.56. The van der Waals surface area contributed by atoms with Gasteiger partial charge < -0.3 is 14.5 Å². The minimum atomic E-state index is -0.361. The van der Waals surface area contributed by atoms with Gasteiger partial charge in [-0.2, -0.15) is 0 Å². The Morgan fingerprint density at radius 3 is 2.73 bits per heavy atom. The first-order valence-electron chi connectivity index (χ1n) is 9.85. The van der Waals surface area contributed by atoms with E-state index in [-0.39, 0.29) is 17.2 Å². The Morgan fingerprint density at radius 2 is 2.00 bits per heavy atom. The van der Waals surface area contributed by atoms with Crippen LogP contribution < -0.4 is 4.74 Å². The third-order valence-corrected chi connectivity index (χ3v) is 6.51. The predicted molar refractivity (Wildman–Crippen MR) is 99.1 cm³/mol. The number of piperidine rings is 1. The normalized spacial score (nSPS) is 26.3. The second-order valence-electron chi connectivity index (χ2n) is 8.11. The van der Waals surface area contributed by atoms with Gasteiger partial charge in [0, 0.05) is 26.2 Å².